The summed E-state index contributed by atoms with van der Waals surface area (Å²) in [4.78, 5) is 3.56. The summed E-state index contributed by atoms with van der Waals surface area (Å²) in [7, 11) is 0. The molecule has 4 heteroatoms. The fraction of sp³-hybridized carbons (Fsp3) is 0. The number of fused-ring (bicyclic) bond motifs is 6. The Balaban J connectivity index is 1.32. The summed E-state index contributed by atoms with van der Waals surface area (Å²) in [6, 6.07) is 48.1. The van der Waals surface area contributed by atoms with Crippen LogP contribution in [0.25, 0.3) is 71.0 Å². The molecule has 0 aliphatic heterocycles. The van der Waals surface area contributed by atoms with Gasteiger partial charge in [-0.25, -0.2) is 4.85 Å². The second-order valence-electron chi connectivity index (χ2n) is 10.5. The van der Waals surface area contributed by atoms with E-state index in [2.05, 4.69) is 105 Å². The fourth-order valence-electron chi connectivity index (χ4n) is 6.22. The molecule has 0 N–H and O–H groups in total. The average molecular weight is 535 g/mol. The third kappa shape index (κ3) is 3.53. The maximum Gasteiger partial charge on any atom is 0.187 e. The van der Waals surface area contributed by atoms with Gasteiger partial charge >= 0.3 is 0 Å². The highest BCUT2D eigenvalue weighted by molar-refractivity contribution is 6.12. The Morgan fingerprint density at radius 2 is 0.952 bits per heavy atom. The molecule has 0 radical (unpaired) electrons. The van der Waals surface area contributed by atoms with Gasteiger partial charge in [0.15, 0.2) is 5.69 Å². The zero-order valence-electron chi connectivity index (χ0n) is 22.5. The van der Waals surface area contributed by atoms with E-state index in [0.29, 0.717) is 11.3 Å². The summed E-state index contributed by atoms with van der Waals surface area (Å²) in [5, 5.41) is 14.0. The molecule has 0 saturated carbocycles. The van der Waals surface area contributed by atoms with Crippen molar-refractivity contribution < 1.29 is 0 Å². The van der Waals surface area contributed by atoms with Crippen LogP contribution in [0.15, 0.2) is 133 Å². The molecule has 42 heavy (non-hydrogen) atoms. The van der Waals surface area contributed by atoms with E-state index in [-0.39, 0.29) is 0 Å². The lowest BCUT2D eigenvalue weighted by Gasteiger charge is -2.09. The molecule has 0 spiro atoms. The first-order valence-electron chi connectivity index (χ1n) is 13.8. The van der Waals surface area contributed by atoms with Crippen molar-refractivity contribution in [1.82, 2.24) is 9.13 Å². The standard InChI is InChI=1S/C38H22N4/c1-40-28-14-18-30(19-15-28)42-36-9-5-3-7-32(36)34-23-27(13-21-38(34)42)26-12-20-37-33(22-26)31-6-2-4-8-35(31)41(37)29-16-10-25(24-39)11-17-29/h2-23H. The molecule has 0 bridgehead atoms. The van der Waals surface area contributed by atoms with E-state index in [1.807, 2.05) is 48.5 Å². The molecule has 0 unspecified atom stereocenters. The van der Waals surface area contributed by atoms with Gasteiger partial charge in [-0.15, -0.1) is 0 Å². The molecule has 0 atom stereocenters. The van der Waals surface area contributed by atoms with Crippen LogP contribution in [0.4, 0.5) is 5.69 Å². The number of para-hydroxylation sites is 2. The Hall–Kier alpha value is -6.10. The third-order valence-electron chi connectivity index (χ3n) is 8.17. The smallest absolute Gasteiger partial charge is 0.187 e. The Kier molecular flexibility index (Phi) is 5.22. The Labute approximate surface area is 242 Å². The van der Waals surface area contributed by atoms with Crippen molar-refractivity contribution in [3.05, 3.63) is 150 Å². The summed E-state index contributed by atoms with van der Waals surface area (Å²) in [6.45, 7) is 7.32. The van der Waals surface area contributed by atoms with Crippen molar-refractivity contribution in [3.8, 4) is 28.6 Å². The van der Waals surface area contributed by atoms with E-state index in [0.717, 1.165) is 44.6 Å². The van der Waals surface area contributed by atoms with E-state index >= 15 is 0 Å². The maximum absolute atomic E-state index is 9.28. The first kappa shape index (κ1) is 23.8. The van der Waals surface area contributed by atoms with Crippen LogP contribution in [0, 0.1) is 17.9 Å². The number of nitrogens with zero attached hydrogens (tertiary/aromatic N) is 4. The predicted octanol–water partition coefficient (Wildman–Crippen LogP) is 9.97. The Morgan fingerprint density at radius 1 is 0.500 bits per heavy atom. The Morgan fingerprint density at radius 3 is 1.43 bits per heavy atom. The number of nitriles is 1. The molecule has 8 aromatic rings. The Bertz CT molecular complexity index is 2240. The molecule has 2 aromatic heterocycles. The molecule has 0 amide bonds. The number of hydrogen-bond acceptors (Lipinski definition) is 1. The van der Waals surface area contributed by atoms with Gasteiger partial charge in [0.05, 0.1) is 40.3 Å². The first-order valence-corrected chi connectivity index (χ1v) is 13.8. The van der Waals surface area contributed by atoms with Crippen LogP contribution in [0.5, 0.6) is 0 Å². The topological polar surface area (TPSA) is 38.0 Å². The zero-order chi connectivity index (χ0) is 28.2. The second kappa shape index (κ2) is 9.24. The molecule has 4 nitrogen and oxygen atoms in total. The molecular weight excluding hydrogens is 512 g/mol. The van der Waals surface area contributed by atoms with Crippen molar-refractivity contribution in [2.24, 2.45) is 0 Å². The van der Waals surface area contributed by atoms with E-state index in [1.54, 1.807) is 0 Å². The third-order valence-corrected chi connectivity index (χ3v) is 8.17. The van der Waals surface area contributed by atoms with Crippen LogP contribution in [-0.4, -0.2) is 9.13 Å². The number of aromatic nitrogens is 2. The lowest BCUT2D eigenvalue weighted by Crippen LogP contribution is -1.93. The lowest BCUT2D eigenvalue weighted by atomic mass is 10.0. The minimum atomic E-state index is 0.637. The SMILES string of the molecule is [C-]#[N+]c1ccc(-n2c3ccccc3c3cc(-c4ccc5c(c4)c4ccccc4n5-c4ccc(C#N)cc4)ccc32)cc1. The van der Waals surface area contributed by atoms with Crippen LogP contribution in [-0.2, 0) is 0 Å². The van der Waals surface area contributed by atoms with Crippen LogP contribution in [0.2, 0.25) is 0 Å². The van der Waals surface area contributed by atoms with Crippen LogP contribution < -0.4 is 0 Å². The molecule has 194 valence electrons. The normalized spacial score (nSPS) is 11.3. The molecule has 0 aliphatic carbocycles. The highest BCUT2D eigenvalue weighted by Crippen LogP contribution is 2.38. The molecule has 0 fully saturated rings. The molecule has 0 saturated heterocycles. The minimum Gasteiger partial charge on any atom is -0.309 e. The quantitative estimate of drug-likeness (QED) is 0.208. The van der Waals surface area contributed by atoms with Gasteiger partial charge in [0.1, 0.15) is 0 Å². The largest absolute Gasteiger partial charge is 0.309 e. The fourth-order valence-corrected chi connectivity index (χ4v) is 6.22. The van der Waals surface area contributed by atoms with Crippen molar-refractivity contribution in [2.45, 2.75) is 0 Å². The van der Waals surface area contributed by atoms with Crippen LogP contribution >= 0.6 is 0 Å². The number of benzene rings is 6. The molecular formula is C38H22N4. The summed E-state index contributed by atoms with van der Waals surface area (Å²) < 4.78 is 4.54. The van der Waals surface area contributed by atoms with Gasteiger partial charge in [0.25, 0.3) is 0 Å². The van der Waals surface area contributed by atoms with Crippen molar-refractivity contribution in [3.63, 3.8) is 0 Å². The van der Waals surface area contributed by atoms with Crippen LogP contribution in [0.1, 0.15) is 5.56 Å². The van der Waals surface area contributed by atoms with Gasteiger partial charge in [0.2, 0.25) is 0 Å². The van der Waals surface area contributed by atoms with E-state index in [9.17, 15) is 5.26 Å². The maximum atomic E-state index is 9.28. The zero-order valence-corrected chi connectivity index (χ0v) is 22.5. The molecule has 6 aromatic carbocycles. The van der Waals surface area contributed by atoms with Crippen molar-refractivity contribution >= 4 is 49.3 Å². The second-order valence-corrected chi connectivity index (χ2v) is 10.5. The average Bonchev–Trinajstić information content (AvgIpc) is 3.57. The first-order chi connectivity index (χ1) is 20.7. The van der Waals surface area contributed by atoms with Gasteiger partial charge in [-0.3, -0.25) is 0 Å². The monoisotopic (exact) mass is 534 g/mol. The lowest BCUT2D eigenvalue weighted by molar-refractivity contribution is 1.18. The predicted molar refractivity (Wildman–Crippen MR) is 172 cm³/mol. The summed E-state index contributed by atoms with van der Waals surface area (Å²) in [5.74, 6) is 0. The molecule has 8 rings (SSSR count). The summed E-state index contributed by atoms with van der Waals surface area (Å²) in [6.07, 6.45) is 0. The van der Waals surface area contributed by atoms with Gasteiger partial charge in [-0.05, 0) is 83.9 Å². The van der Waals surface area contributed by atoms with Gasteiger partial charge in [0, 0.05) is 32.9 Å². The van der Waals surface area contributed by atoms with Crippen LogP contribution in [0.3, 0.4) is 0 Å². The number of rotatable bonds is 3. The summed E-state index contributed by atoms with van der Waals surface area (Å²) >= 11 is 0. The highest BCUT2D eigenvalue weighted by atomic mass is 15.0. The highest BCUT2D eigenvalue weighted by Gasteiger charge is 2.16. The van der Waals surface area contributed by atoms with Gasteiger partial charge in [-0.1, -0.05) is 60.7 Å². The summed E-state index contributed by atoms with van der Waals surface area (Å²) in [5.41, 5.74) is 10.2. The van der Waals surface area contributed by atoms with Crippen molar-refractivity contribution in [1.29, 1.82) is 5.26 Å². The van der Waals surface area contributed by atoms with Crippen molar-refractivity contribution in [2.75, 3.05) is 0 Å². The van der Waals surface area contributed by atoms with Gasteiger partial charge in [-0.2, -0.15) is 5.26 Å². The molecule has 2 heterocycles. The van der Waals surface area contributed by atoms with E-state index in [1.165, 1.54) is 21.5 Å². The van der Waals surface area contributed by atoms with E-state index < -0.39 is 0 Å². The number of hydrogen-bond donors (Lipinski definition) is 0. The van der Waals surface area contributed by atoms with E-state index in [4.69, 9.17) is 6.57 Å². The minimum absolute atomic E-state index is 0.637. The van der Waals surface area contributed by atoms with Gasteiger partial charge < -0.3 is 9.13 Å². The molecule has 0 aliphatic rings.